The molecule has 5 rings (SSSR count). The molecule has 0 bridgehead atoms. The molecular formula is C26H20F3N3O7S. The molecule has 2 aromatic carbocycles. The lowest BCUT2D eigenvalue weighted by Crippen LogP contribution is -2.34. The highest BCUT2D eigenvalue weighted by molar-refractivity contribution is 7.13. The minimum atomic E-state index is -1.39. The summed E-state index contributed by atoms with van der Waals surface area (Å²) in [5.41, 5.74) is -2.91. The van der Waals surface area contributed by atoms with Crippen LogP contribution in [0.4, 0.5) is 13.2 Å². The van der Waals surface area contributed by atoms with Crippen LogP contribution in [0.25, 0.3) is 16.6 Å². The molecule has 10 nitrogen and oxygen atoms in total. The van der Waals surface area contributed by atoms with Crippen LogP contribution in [0.1, 0.15) is 28.1 Å². The molecule has 4 aromatic rings. The molecule has 0 unspecified atom stereocenters. The Morgan fingerprint density at radius 2 is 1.85 bits per heavy atom. The van der Waals surface area contributed by atoms with E-state index in [0.29, 0.717) is 17.5 Å². The van der Waals surface area contributed by atoms with E-state index in [9.17, 15) is 37.5 Å². The van der Waals surface area contributed by atoms with E-state index in [-0.39, 0.29) is 51.9 Å². The quantitative estimate of drug-likeness (QED) is 0.313. The number of H-pyrrole nitrogens is 1. The van der Waals surface area contributed by atoms with Crippen LogP contribution in [-0.4, -0.2) is 51.1 Å². The first kappa shape index (κ1) is 27.0. The summed E-state index contributed by atoms with van der Waals surface area (Å²) in [5, 5.41) is 10.4. The summed E-state index contributed by atoms with van der Waals surface area (Å²) < 4.78 is 55.1. The zero-order valence-corrected chi connectivity index (χ0v) is 21.4. The van der Waals surface area contributed by atoms with Crippen LogP contribution >= 0.6 is 11.3 Å². The minimum Gasteiger partial charge on any atom is -0.491 e. The Hall–Kier alpha value is -4.59. The number of aromatic carboxylic acids is 1. The Kier molecular flexibility index (Phi) is 7.34. The Bertz CT molecular complexity index is 1770. The van der Waals surface area contributed by atoms with Crippen molar-refractivity contribution >= 4 is 34.1 Å². The molecule has 40 heavy (non-hydrogen) atoms. The maximum absolute atomic E-state index is 14.8. The van der Waals surface area contributed by atoms with E-state index in [0.717, 1.165) is 42.0 Å². The Labute approximate surface area is 226 Å². The highest BCUT2D eigenvalue weighted by Gasteiger charge is 2.22. The summed E-state index contributed by atoms with van der Waals surface area (Å²) in [6.45, 7) is 0.316. The highest BCUT2D eigenvalue weighted by Crippen LogP contribution is 2.28. The number of nitrogens with zero attached hydrogens (tertiary/aromatic N) is 2. The van der Waals surface area contributed by atoms with Gasteiger partial charge in [0, 0.05) is 24.4 Å². The monoisotopic (exact) mass is 575 g/mol. The number of carboxylic acids is 1. The van der Waals surface area contributed by atoms with Gasteiger partial charge in [0.25, 0.3) is 5.56 Å². The number of likely N-dealkylation sites (tertiary alicyclic amines) is 1. The zero-order chi connectivity index (χ0) is 28.6. The van der Waals surface area contributed by atoms with Gasteiger partial charge in [0.15, 0.2) is 11.6 Å². The van der Waals surface area contributed by atoms with E-state index >= 15 is 0 Å². The minimum absolute atomic E-state index is 0.00957. The van der Waals surface area contributed by atoms with E-state index in [1.165, 1.54) is 11.4 Å². The first-order valence-corrected chi connectivity index (χ1v) is 12.8. The van der Waals surface area contributed by atoms with E-state index in [1.807, 2.05) is 0 Å². The molecule has 2 aromatic heterocycles. The molecule has 2 N–H and O–H groups in total. The predicted octanol–water partition coefficient (Wildman–Crippen LogP) is 3.44. The van der Waals surface area contributed by atoms with Crippen LogP contribution in [0.15, 0.2) is 45.3 Å². The maximum Gasteiger partial charge on any atom is 0.346 e. The number of carbonyl (C=O) groups is 2. The lowest BCUT2D eigenvalue weighted by Gasteiger charge is -2.18. The average molecular weight is 576 g/mol. The number of nitrogens with one attached hydrogen (secondary N) is 1. The normalized spacial score (nSPS) is 13.3. The molecule has 0 atom stereocenters. The number of rotatable bonds is 9. The molecule has 1 amide bonds. The van der Waals surface area contributed by atoms with Crippen LogP contribution in [0.2, 0.25) is 0 Å². The van der Waals surface area contributed by atoms with Crippen LogP contribution in [0.5, 0.6) is 11.5 Å². The van der Waals surface area contributed by atoms with Gasteiger partial charge in [-0.25, -0.2) is 27.3 Å². The molecule has 1 saturated heterocycles. The van der Waals surface area contributed by atoms with Gasteiger partial charge in [-0.15, -0.1) is 11.3 Å². The lowest BCUT2D eigenvalue weighted by molar-refractivity contribution is -0.128. The highest BCUT2D eigenvalue weighted by atomic mass is 32.1. The van der Waals surface area contributed by atoms with Crippen molar-refractivity contribution in [2.24, 2.45) is 0 Å². The summed E-state index contributed by atoms with van der Waals surface area (Å²) >= 11 is 0.728. The molecule has 0 aliphatic carbocycles. The third kappa shape index (κ3) is 5.04. The summed E-state index contributed by atoms with van der Waals surface area (Å²) in [5.74, 6) is -4.92. The summed E-state index contributed by atoms with van der Waals surface area (Å²) in [7, 11) is 0. The second-order valence-corrected chi connectivity index (χ2v) is 9.68. The van der Waals surface area contributed by atoms with Gasteiger partial charge >= 0.3 is 11.7 Å². The second kappa shape index (κ2) is 10.9. The number of fused-ring (bicyclic) bond motifs is 1. The fourth-order valence-corrected chi connectivity index (χ4v) is 5.20. The number of amides is 1. The van der Waals surface area contributed by atoms with Crippen molar-refractivity contribution in [3.05, 3.63) is 84.4 Å². The standard InChI is InChI=1S/C26H20F3N3O7S/c27-15-4-3-13(10-18(15)32-24(34)21-17(30-26(32)37)12-40-23(21)25(35)36)39-11-14-19(6-5-16(28)22(14)29)38-9-8-31-7-1-2-20(31)33/h3-6,10,12H,1-2,7-9,11H2,(H,30,37)(H,35,36). The van der Waals surface area contributed by atoms with Gasteiger partial charge in [-0.1, -0.05) is 0 Å². The number of benzene rings is 2. The zero-order valence-electron chi connectivity index (χ0n) is 20.5. The van der Waals surface area contributed by atoms with Gasteiger partial charge in [-0.2, -0.15) is 0 Å². The molecule has 1 aliphatic rings. The van der Waals surface area contributed by atoms with Gasteiger partial charge in [0.1, 0.15) is 35.4 Å². The average Bonchev–Trinajstić information content (AvgIpc) is 3.53. The number of aromatic nitrogens is 2. The van der Waals surface area contributed by atoms with Crippen molar-refractivity contribution < 1.29 is 37.3 Å². The van der Waals surface area contributed by atoms with Crippen LogP contribution in [0, 0.1) is 17.5 Å². The molecule has 0 radical (unpaired) electrons. The number of carbonyl (C=O) groups excluding carboxylic acids is 1. The Morgan fingerprint density at radius 1 is 1.07 bits per heavy atom. The fourth-order valence-electron chi connectivity index (χ4n) is 4.37. The van der Waals surface area contributed by atoms with Crippen molar-refractivity contribution in [1.29, 1.82) is 0 Å². The Balaban J connectivity index is 1.42. The van der Waals surface area contributed by atoms with Crippen molar-refractivity contribution in [1.82, 2.24) is 14.5 Å². The van der Waals surface area contributed by atoms with Gasteiger partial charge in [0.2, 0.25) is 5.91 Å². The van der Waals surface area contributed by atoms with E-state index in [1.54, 1.807) is 4.90 Å². The smallest absolute Gasteiger partial charge is 0.346 e. The maximum atomic E-state index is 14.8. The summed E-state index contributed by atoms with van der Waals surface area (Å²) in [6, 6.07) is 5.16. The number of aromatic amines is 1. The molecule has 0 saturated carbocycles. The molecular weight excluding hydrogens is 555 g/mol. The summed E-state index contributed by atoms with van der Waals surface area (Å²) in [6.07, 6.45) is 1.19. The largest absolute Gasteiger partial charge is 0.491 e. The lowest BCUT2D eigenvalue weighted by atomic mass is 10.2. The van der Waals surface area contributed by atoms with Crippen LogP contribution in [-0.2, 0) is 11.4 Å². The topological polar surface area (TPSA) is 131 Å². The predicted molar refractivity (Wildman–Crippen MR) is 137 cm³/mol. The first-order chi connectivity index (χ1) is 19.2. The number of ether oxygens (including phenoxy) is 2. The molecule has 0 spiro atoms. The molecule has 208 valence electrons. The third-order valence-corrected chi connectivity index (χ3v) is 7.30. The number of hydrogen-bond donors (Lipinski definition) is 2. The van der Waals surface area contributed by atoms with E-state index in [2.05, 4.69) is 4.98 Å². The van der Waals surface area contributed by atoms with Crippen molar-refractivity contribution in [3.63, 3.8) is 0 Å². The van der Waals surface area contributed by atoms with Crippen molar-refractivity contribution in [2.45, 2.75) is 19.4 Å². The van der Waals surface area contributed by atoms with Crippen molar-refractivity contribution in [2.75, 3.05) is 19.7 Å². The van der Waals surface area contributed by atoms with Crippen molar-refractivity contribution in [3.8, 4) is 17.2 Å². The number of hydrogen-bond acceptors (Lipinski definition) is 7. The molecule has 1 fully saturated rings. The van der Waals surface area contributed by atoms with Crippen LogP contribution < -0.4 is 20.7 Å². The summed E-state index contributed by atoms with van der Waals surface area (Å²) in [4.78, 5) is 52.6. The molecule has 3 heterocycles. The fraction of sp³-hybridized carbons (Fsp3) is 0.231. The second-order valence-electron chi connectivity index (χ2n) is 8.80. The van der Waals surface area contributed by atoms with Gasteiger partial charge in [0.05, 0.1) is 28.7 Å². The number of thiophene rings is 1. The van der Waals surface area contributed by atoms with E-state index < -0.39 is 47.0 Å². The third-order valence-electron chi connectivity index (χ3n) is 6.33. The first-order valence-electron chi connectivity index (χ1n) is 12.0. The molecule has 1 aliphatic heterocycles. The SMILES string of the molecule is O=C(O)c1scc2[nH]c(=O)n(-c3cc(OCc4c(OCCN5CCCC5=O)ccc(F)c4F)ccc3F)c(=O)c12. The van der Waals surface area contributed by atoms with Gasteiger partial charge in [-0.05, 0) is 30.7 Å². The van der Waals surface area contributed by atoms with Gasteiger partial charge < -0.3 is 24.5 Å². The van der Waals surface area contributed by atoms with Gasteiger partial charge in [-0.3, -0.25) is 9.59 Å². The van der Waals surface area contributed by atoms with E-state index in [4.69, 9.17) is 9.47 Å². The Morgan fingerprint density at radius 3 is 2.58 bits per heavy atom. The molecule has 14 heteroatoms. The number of carboxylic acid groups (broad SMARTS) is 1. The van der Waals surface area contributed by atoms with Crippen LogP contribution in [0.3, 0.4) is 0 Å². The number of halogens is 3.